The molecule has 7 nitrogen and oxygen atoms in total. The minimum Gasteiger partial charge on any atom is -0.394 e. The summed E-state index contributed by atoms with van der Waals surface area (Å²) >= 11 is 5.98. The van der Waals surface area contributed by atoms with Crippen molar-refractivity contribution < 1.29 is 14.3 Å². The van der Waals surface area contributed by atoms with Gasteiger partial charge in [-0.3, -0.25) is 14.6 Å². The zero-order valence-electron chi connectivity index (χ0n) is 16.3. The van der Waals surface area contributed by atoms with E-state index in [1.54, 1.807) is 20.0 Å². The highest BCUT2D eigenvalue weighted by molar-refractivity contribution is 6.30. The van der Waals surface area contributed by atoms with E-state index in [4.69, 9.17) is 16.7 Å². The zero-order valence-corrected chi connectivity index (χ0v) is 17.1. The van der Waals surface area contributed by atoms with Gasteiger partial charge in [0.1, 0.15) is 5.82 Å². The molecule has 0 radical (unpaired) electrons. The van der Waals surface area contributed by atoms with Gasteiger partial charge in [0, 0.05) is 42.3 Å². The minimum absolute atomic E-state index is 0.0798. The molecule has 30 heavy (non-hydrogen) atoms. The van der Waals surface area contributed by atoms with Crippen LogP contribution in [0.2, 0.25) is 5.02 Å². The Kier molecular flexibility index (Phi) is 6.49. The Balaban J connectivity index is 2.01. The molecule has 0 aliphatic rings. The van der Waals surface area contributed by atoms with E-state index >= 15 is 0 Å². The molecule has 0 saturated heterocycles. The summed E-state index contributed by atoms with van der Waals surface area (Å²) in [6.07, 6.45) is 4.43. The molecular formula is C21H20ClFN4O3. The molecule has 0 aliphatic heterocycles. The van der Waals surface area contributed by atoms with Crippen molar-refractivity contribution in [2.45, 2.75) is 13.0 Å². The first-order valence-electron chi connectivity index (χ1n) is 9.09. The predicted octanol–water partition coefficient (Wildman–Crippen LogP) is 3.09. The van der Waals surface area contributed by atoms with E-state index < -0.39 is 23.3 Å². The number of nitrogens with one attached hydrogen (secondary N) is 2. The highest BCUT2D eigenvalue weighted by atomic mass is 35.5. The highest BCUT2D eigenvalue weighted by Crippen LogP contribution is 2.27. The van der Waals surface area contributed by atoms with Gasteiger partial charge in [-0.1, -0.05) is 11.6 Å². The van der Waals surface area contributed by atoms with Crippen LogP contribution in [-0.2, 0) is 7.05 Å². The molecule has 0 saturated carbocycles. The number of halogens is 2. The van der Waals surface area contributed by atoms with Crippen LogP contribution in [0, 0.1) is 5.82 Å². The number of aliphatic hydroxyl groups is 1. The van der Waals surface area contributed by atoms with Crippen molar-refractivity contribution in [1.82, 2.24) is 14.9 Å². The van der Waals surface area contributed by atoms with Crippen LogP contribution in [0.25, 0.3) is 11.1 Å². The lowest BCUT2D eigenvalue weighted by molar-refractivity contribution is 0.0923. The van der Waals surface area contributed by atoms with Crippen molar-refractivity contribution in [3.8, 4) is 11.1 Å². The number of carbonyl (C=O) groups excluding carboxylic acids is 1. The molecule has 2 aromatic heterocycles. The van der Waals surface area contributed by atoms with Crippen LogP contribution >= 0.6 is 11.6 Å². The lowest BCUT2D eigenvalue weighted by Crippen LogP contribution is -2.35. The summed E-state index contributed by atoms with van der Waals surface area (Å²) in [5.41, 5.74) is 0.951. The number of aryl methyl sites for hydroxylation is 1. The van der Waals surface area contributed by atoms with E-state index in [1.165, 1.54) is 47.4 Å². The third-order valence-electron chi connectivity index (χ3n) is 4.40. The van der Waals surface area contributed by atoms with Gasteiger partial charge in [-0.2, -0.15) is 0 Å². The van der Waals surface area contributed by atoms with Crippen LogP contribution in [-0.4, -0.2) is 33.2 Å². The van der Waals surface area contributed by atoms with Crippen LogP contribution in [0.15, 0.2) is 53.7 Å². The Labute approximate surface area is 177 Å². The monoisotopic (exact) mass is 430 g/mol. The number of carbonyl (C=O) groups is 1. The summed E-state index contributed by atoms with van der Waals surface area (Å²) in [6, 6.07) is 6.66. The number of amides is 1. The first kappa shape index (κ1) is 21.5. The minimum atomic E-state index is -0.574. The first-order valence-corrected chi connectivity index (χ1v) is 9.46. The van der Waals surface area contributed by atoms with Crippen molar-refractivity contribution >= 4 is 28.9 Å². The van der Waals surface area contributed by atoms with Crippen molar-refractivity contribution in [2.24, 2.45) is 7.05 Å². The van der Waals surface area contributed by atoms with E-state index in [0.29, 0.717) is 16.4 Å². The summed E-state index contributed by atoms with van der Waals surface area (Å²) in [5, 5.41) is 15.2. The molecule has 0 fully saturated rings. The number of pyridine rings is 2. The Bertz CT molecular complexity index is 1150. The van der Waals surface area contributed by atoms with Gasteiger partial charge in [-0.25, -0.2) is 4.39 Å². The van der Waals surface area contributed by atoms with Crippen molar-refractivity contribution in [3.05, 3.63) is 75.7 Å². The molecule has 1 aromatic carbocycles. The smallest absolute Gasteiger partial charge is 0.258 e. The predicted molar refractivity (Wildman–Crippen MR) is 114 cm³/mol. The topological polar surface area (TPSA) is 96.2 Å². The van der Waals surface area contributed by atoms with Gasteiger partial charge in [0.2, 0.25) is 0 Å². The Morgan fingerprint density at radius 3 is 2.80 bits per heavy atom. The number of rotatable bonds is 6. The van der Waals surface area contributed by atoms with E-state index in [1.807, 2.05) is 0 Å². The molecule has 0 bridgehead atoms. The third kappa shape index (κ3) is 4.67. The molecule has 156 valence electrons. The molecule has 3 aromatic rings. The van der Waals surface area contributed by atoms with Crippen molar-refractivity contribution in [1.29, 1.82) is 0 Å². The number of hydrogen-bond donors (Lipinski definition) is 3. The van der Waals surface area contributed by atoms with Gasteiger partial charge >= 0.3 is 0 Å². The summed E-state index contributed by atoms with van der Waals surface area (Å²) in [4.78, 5) is 29.1. The number of anilines is 2. The van der Waals surface area contributed by atoms with Gasteiger partial charge in [-0.05, 0) is 37.3 Å². The van der Waals surface area contributed by atoms with E-state index in [9.17, 15) is 14.0 Å². The Morgan fingerprint density at radius 1 is 1.30 bits per heavy atom. The summed E-state index contributed by atoms with van der Waals surface area (Å²) in [5.74, 6) is -0.992. The van der Waals surface area contributed by atoms with Crippen LogP contribution in [0.1, 0.15) is 17.3 Å². The van der Waals surface area contributed by atoms with E-state index in [-0.39, 0.29) is 23.3 Å². The summed E-state index contributed by atoms with van der Waals surface area (Å²) in [6.45, 7) is 1.46. The fraction of sp³-hybridized carbons (Fsp3) is 0.190. The Morgan fingerprint density at radius 2 is 2.07 bits per heavy atom. The lowest BCUT2D eigenvalue weighted by atomic mass is 10.1. The molecule has 0 aliphatic carbocycles. The average Bonchev–Trinajstić information content (AvgIpc) is 2.72. The first-order chi connectivity index (χ1) is 14.3. The lowest BCUT2D eigenvalue weighted by Gasteiger charge is -2.15. The van der Waals surface area contributed by atoms with Gasteiger partial charge in [0.25, 0.3) is 11.5 Å². The number of aromatic nitrogens is 2. The fourth-order valence-corrected chi connectivity index (χ4v) is 3.04. The standard InChI is InChI=1S/C21H20ClFN4O3/c1-12(11-28)25-20(29)17-9-24-6-5-19(17)26-14-8-16(21(30)27(2)10-14)15-7-13(22)3-4-18(15)23/h3-10,12,28H,11H2,1-2H3,(H,24,26)(H,25,29). The maximum atomic E-state index is 14.3. The molecule has 9 heteroatoms. The largest absolute Gasteiger partial charge is 0.394 e. The molecule has 3 N–H and O–H groups in total. The van der Waals surface area contributed by atoms with Gasteiger partial charge in [0.15, 0.2) is 0 Å². The second-order valence-corrected chi connectivity index (χ2v) is 7.22. The summed E-state index contributed by atoms with van der Waals surface area (Å²) in [7, 11) is 1.54. The second-order valence-electron chi connectivity index (χ2n) is 6.79. The molecule has 2 heterocycles. The normalized spacial score (nSPS) is 11.8. The van der Waals surface area contributed by atoms with E-state index in [0.717, 1.165) is 0 Å². The molecule has 1 amide bonds. The van der Waals surface area contributed by atoms with Gasteiger partial charge < -0.3 is 20.3 Å². The fourth-order valence-electron chi connectivity index (χ4n) is 2.86. The van der Waals surface area contributed by atoms with Crippen molar-refractivity contribution in [3.63, 3.8) is 0 Å². The number of hydrogen-bond acceptors (Lipinski definition) is 5. The highest BCUT2D eigenvalue weighted by Gasteiger charge is 2.16. The van der Waals surface area contributed by atoms with Crippen molar-refractivity contribution in [2.75, 3.05) is 11.9 Å². The molecule has 0 spiro atoms. The molecule has 3 rings (SSSR count). The maximum absolute atomic E-state index is 14.3. The Hall–Kier alpha value is -3.23. The second kappa shape index (κ2) is 9.06. The maximum Gasteiger partial charge on any atom is 0.258 e. The number of benzene rings is 1. The van der Waals surface area contributed by atoms with Crippen LogP contribution in [0.3, 0.4) is 0 Å². The van der Waals surface area contributed by atoms with E-state index in [2.05, 4.69) is 15.6 Å². The quantitative estimate of drug-likeness (QED) is 0.558. The number of nitrogens with zero attached hydrogens (tertiary/aromatic N) is 2. The van der Waals surface area contributed by atoms with Gasteiger partial charge in [-0.15, -0.1) is 0 Å². The van der Waals surface area contributed by atoms with Crippen LogP contribution in [0.4, 0.5) is 15.8 Å². The molecular weight excluding hydrogens is 411 g/mol. The third-order valence-corrected chi connectivity index (χ3v) is 4.63. The SMILES string of the molecule is CC(CO)NC(=O)c1cnccc1Nc1cc(-c2cc(Cl)ccc2F)c(=O)n(C)c1. The average molecular weight is 431 g/mol. The van der Waals surface area contributed by atoms with Crippen LogP contribution in [0.5, 0.6) is 0 Å². The zero-order chi connectivity index (χ0) is 21.8. The van der Waals surface area contributed by atoms with Crippen LogP contribution < -0.4 is 16.2 Å². The van der Waals surface area contributed by atoms with Gasteiger partial charge in [0.05, 0.1) is 29.1 Å². The number of aliphatic hydroxyl groups excluding tert-OH is 1. The summed E-state index contributed by atoms with van der Waals surface area (Å²) < 4.78 is 15.7. The molecule has 1 atom stereocenters. The molecule has 1 unspecified atom stereocenters.